The van der Waals surface area contributed by atoms with Crippen molar-refractivity contribution in [2.24, 2.45) is 5.92 Å². The second-order valence-electron chi connectivity index (χ2n) is 5.92. The zero-order chi connectivity index (χ0) is 13.8. The molecule has 1 fully saturated rings. The minimum atomic E-state index is 0.312. The third-order valence-electron chi connectivity index (χ3n) is 4.63. The molecule has 0 radical (unpaired) electrons. The fourth-order valence-electron chi connectivity index (χ4n) is 3.42. The van der Waals surface area contributed by atoms with E-state index in [2.05, 4.69) is 34.6 Å². The van der Waals surface area contributed by atoms with Crippen LogP contribution < -0.4 is 5.32 Å². The number of aromatic amines is 1. The summed E-state index contributed by atoms with van der Waals surface area (Å²) in [6.45, 7) is 1.20. The topological polar surface area (TPSA) is 48.0 Å². The van der Waals surface area contributed by atoms with Crippen LogP contribution in [0.4, 0.5) is 0 Å². The van der Waals surface area contributed by atoms with Gasteiger partial charge in [0.15, 0.2) is 0 Å². The molecule has 2 unspecified atom stereocenters. The van der Waals surface area contributed by atoms with E-state index in [0.29, 0.717) is 18.6 Å². The van der Waals surface area contributed by atoms with Gasteiger partial charge in [0.2, 0.25) is 0 Å². The van der Waals surface area contributed by atoms with Crippen LogP contribution in [0.2, 0.25) is 0 Å². The summed E-state index contributed by atoms with van der Waals surface area (Å²) < 4.78 is 0. The lowest BCUT2D eigenvalue weighted by Gasteiger charge is -2.24. The van der Waals surface area contributed by atoms with Crippen LogP contribution >= 0.6 is 0 Å². The Labute approximate surface area is 120 Å². The van der Waals surface area contributed by atoms with Gasteiger partial charge in [0, 0.05) is 36.3 Å². The number of hydrogen-bond donors (Lipinski definition) is 3. The highest BCUT2D eigenvalue weighted by atomic mass is 16.3. The van der Waals surface area contributed by atoms with Crippen LogP contribution in [0.3, 0.4) is 0 Å². The number of rotatable bonds is 4. The molecule has 2 aromatic rings. The van der Waals surface area contributed by atoms with E-state index in [-0.39, 0.29) is 0 Å². The Bertz CT molecular complexity index is 549. The van der Waals surface area contributed by atoms with Gasteiger partial charge in [-0.05, 0) is 36.5 Å². The standard InChI is InChI=1S/C17H24N2O/c20-12-14-5-2-1-3-7-16(14)19-11-13-6-4-8-17-15(13)9-10-18-17/h4,6,8-10,14,16,18-20H,1-3,5,7,11-12H2. The van der Waals surface area contributed by atoms with Gasteiger partial charge in [-0.1, -0.05) is 31.4 Å². The average molecular weight is 272 g/mol. The summed E-state index contributed by atoms with van der Waals surface area (Å²) in [4.78, 5) is 3.26. The van der Waals surface area contributed by atoms with Crippen molar-refractivity contribution in [1.82, 2.24) is 10.3 Å². The molecule has 0 saturated heterocycles. The summed E-state index contributed by atoms with van der Waals surface area (Å²) >= 11 is 0. The summed E-state index contributed by atoms with van der Waals surface area (Å²) in [7, 11) is 0. The van der Waals surface area contributed by atoms with Crippen molar-refractivity contribution in [2.45, 2.75) is 44.7 Å². The number of benzene rings is 1. The first-order chi connectivity index (χ1) is 9.88. The van der Waals surface area contributed by atoms with Gasteiger partial charge in [-0.25, -0.2) is 0 Å². The Morgan fingerprint density at radius 3 is 2.95 bits per heavy atom. The number of aliphatic hydroxyl groups is 1. The van der Waals surface area contributed by atoms with Gasteiger partial charge in [0.05, 0.1) is 0 Å². The molecule has 3 heteroatoms. The van der Waals surface area contributed by atoms with Crippen molar-refractivity contribution in [3.63, 3.8) is 0 Å². The second kappa shape index (κ2) is 6.42. The Kier molecular flexibility index (Phi) is 4.38. The van der Waals surface area contributed by atoms with E-state index in [1.807, 2.05) is 6.20 Å². The maximum absolute atomic E-state index is 9.58. The van der Waals surface area contributed by atoms with E-state index < -0.39 is 0 Å². The van der Waals surface area contributed by atoms with Gasteiger partial charge in [0.1, 0.15) is 0 Å². The molecular formula is C17H24N2O. The van der Waals surface area contributed by atoms with Crippen molar-refractivity contribution in [1.29, 1.82) is 0 Å². The Morgan fingerprint density at radius 1 is 1.15 bits per heavy atom. The summed E-state index contributed by atoms with van der Waals surface area (Å²) in [6.07, 6.45) is 8.19. The lowest BCUT2D eigenvalue weighted by atomic mass is 9.95. The lowest BCUT2D eigenvalue weighted by Crippen LogP contribution is -2.36. The number of aliphatic hydroxyl groups excluding tert-OH is 1. The van der Waals surface area contributed by atoms with Crippen LogP contribution in [0, 0.1) is 5.92 Å². The van der Waals surface area contributed by atoms with E-state index in [1.54, 1.807) is 0 Å². The molecule has 1 aliphatic rings. The van der Waals surface area contributed by atoms with Crippen LogP contribution in [0.25, 0.3) is 10.9 Å². The highest BCUT2D eigenvalue weighted by Crippen LogP contribution is 2.24. The third-order valence-corrected chi connectivity index (χ3v) is 4.63. The molecular weight excluding hydrogens is 248 g/mol. The molecule has 1 heterocycles. The fourth-order valence-corrected chi connectivity index (χ4v) is 3.42. The molecule has 3 nitrogen and oxygen atoms in total. The van der Waals surface area contributed by atoms with Crippen molar-refractivity contribution in [2.75, 3.05) is 6.61 Å². The number of H-pyrrole nitrogens is 1. The smallest absolute Gasteiger partial charge is 0.0474 e. The zero-order valence-electron chi connectivity index (χ0n) is 11.9. The number of fused-ring (bicyclic) bond motifs is 1. The molecule has 0 aliphatic heterocycles. The molecule has 0 spiro atoms. The van der Waals surface area contributed by atoms with Crippen LogP contribution in [0.5, 0.6) is 0 Å². The molecule has 1 saturated carbocycles. The molecule has 1 aromatic heterocycles. The van der Waals surface area contributed by atoms with Gasteiger partial charge < -0.3 is 15.4 Å². The summed E-state index contributed by atoms with van der Waals surface area (Å²) in [5, 5.41) is 14.6. The molecule has 1 aromatic carbocycles. The van der Waals surface area contributed by atoms with Crippen molar-refractivity contribution < 1.29 is 5.11 Å². The van der Waals surface area contributed by atoms with Crippen molar-refractivity contribution >= 4 is 10.9 Å². The maximum Gasteiger partial charge on any atom is 0.0474 e. The summed E-state index contributed by atoms with van der Waals surface area (Å²) in [5.41, 5.74) is 2.54. The molecule has 0 bridgehead atoms. The number of nitrogens with one attached hydrogen (secondary N) is 2. The molecule has 0 amide bonds. The maximum atomic E-state index is 9.58. The first-order valence-corrected chi connectivity index (χ1v) is 7.77. The second-order valence-corrected chi connectivity index (χ2v) is 5.92. The predicted octanol–water partition coefficient (Wildman–Crippen LogP) is 3.20. The van der Waals surface area contributed by atoms with Crippen LogP contribution in [0.15, 0.2) is 30.5 Å². The average Bonchev–Trinajstić information content (AvgIpc) is 2.84. The monoisotopic (exact) mass is 272 g/mol. The van der Waals surface area contributed by atoms with E-state index in [0.717, 1.165) is 13.0 Å². The van der Waals surface area contributed by atoms with E-state index in [1.165, 1.54) is 42.1 Å². The number of hydrogen-bond acceptors (Lipinski definition) is 2. The first-order valence-electron chi connectivity index (χ1n) is 7.77. The van der Waals surface area contributed by atoms with Crippen LogP contribution in [-0.2, 0) is 6.54 Å². The highest BCUT2D eigenvalue weighted by molar-refractivity contribution is 5.82. The minimum Gasteiger partial charge on any atom is -0.396 e. The Morgan fingerprint density at radius 2 is 2.05 bits per heavy atom. The third kappa shape index (κ3) is 2.89. The van der Waals surface area contributed by atoms with E-state index in [9.17, 15) is 5.11 Å². The largest absolute Gasteiger partial charge is 0.396 e. The van der Waals surface area contributed by atoms with E-state index in [4.69, 9.17) is 0 Å². The normalized spacial score (nSPS) is 23.9. The van der Waals surface area contributed by atoms with Gasteiger partial charge in [0.25, 0.3) is 0 Å². The van der Waals surface area contributed by atoms with Gasteiger partial charge in [-0.2, -0.15) is 0 Å². The van der Waals surface area contributed by atoms with Crippen LogP contribution in [-0.4, -0.2) is 22.7 Å². The SMILES string of the molecule is OCC1CCCCCC1NCc1cccc2[nH]ccc12. The Hall–Kier alpha value is -1.32. The predicted molar refractivity (Wildman–Crippen MR) is 82.6 cm³/mol. The van der Waals surface area contributed by atoms with E-state index >= 15 is 0 Å². The Balaban J connectivity index is 1.70. The van der Waals surface area contributed by atoms with Crippen LogP contribution in [0.1, 0.15) is 37.7 Å². The van der Waals surface area contributed by atoms with Gasteiger partial charge >= 0.3 is 0 Å². The fraction of sp³-hybridized carbons (Fsp3) is 0.529. The zero-order valence-corrected chi connectivity index (χ0v) is 11.9. The minimum absolute atomic E-state index is 0.312. The molecule has 2 atom stereocenters. The van der Waals surface area contributed by atoms with Gasteiger partial charge in [-0.15, -0.1) is 0 Å². The molecule has 3 rings (SSSR count). The summed E-state index contributed by atoms with van der Waals surface area (Å²) in [5.74, 6) is 0.419. The first kappa shape index (κ1) is 13.7. The summed E-state index contributed by atoms with van der Waals surface area (Å²) in [6, 6.07) is 9.00. The molecule has 1 aliphatic carbocycles. The highest BCUT2D eigenvalue weighted by Gasteiger charge is 2.22. The molecule has 108 valence electrons. The molecule has 3 N–H and O–H groups in total. The quantitative estimate of drug-likeness (QED) is 0.749. The van der Waals surface area contributed by atoms with Crippen molar-refractivity contribution in [3.05, 3.63) is 36.0 Å². The van der Waals surface area contributed by atoms with Crippen molar-refractivity contribution in [3.8, 4) is 0 Å². The number of aromatic nitrogens is 1. The molecule has 20 heavy (non-hydrogen) atoms. The lowest BCUT2D eigenvalue weighted by molar-refractivity contribution is 0.181. The van der Waals surface area contributed by atoms with Gasteiger partial charge in [-0.3, -0.25) is 0 Å².